The molecule has 0 aromatic heterocycles. The molecular formula is C18H24F3NO3. The molecule has 1 N–H and O–H groups in total. The molecule has 1 saturated carbocycles. The van der Waals surface area contributed by atoms with E-state index in [0.29, 0.717) is 18.8 Å². The van der Waals surface area contributed by atoms with Crippen LogP contribution in [0.5, 0.6) is 5.75 Å². The topological polar surface area (TPSA) is 47.6 Å². The molecule has 4 nitrogen and oxygen atoms in total. The first-order chi connectivity index (χ1) is 11.7. The predicted octanol–water partition coefficient (Wildman–Crippen LogP) is 4.64. The number of nitrogens with one attached hydrogen (secondary N) is 1. The highest BCUT2D eigenvalue weighted by Gasteiger charge is 2.42. The minimum Gasteiger partial charge on any atom is -0.493 e. The molecule has 0 bridgehead atoms. The van der Waals surface area contributed by atoms with Crippen molar-refractivity contribution in [2.24, 2.45) is 5.92 Å². The summed E-state index contributed by atoms with van der Waals surface area (Å²) in [6, 6.07) is 3.54. The number of carbonyl (C=O) groups excluding carboxylic acids is 1. The molecular weight excluding hydrogens is 335 g/mol. The first kappa shape index (κ1) is 19.6. The van der Waals surface area contributed by atoms with E-state index in [1.165, 1.54) is 19.2 Å². The van der Waals surface area contributed by atoms with E-state index in [9.17, 15) is 18.0 Å². The number of anilines is 1. The fourth-order valence-corrected chi connectivity index (χ4v) is 3.34. The molecule has 1 aliphatic carbocycles. The number of halogens is 3. The van der Waals surface area contributed by atoms with E-state index < -0.39 is 23.2 Å². The standard InChI is InChI=1S/C18H24F3NO3/c1-4-25-15-8-7-13(10-14(15)18(19,20)21)22-16(23)17(24-3)9-5-6-12(2)11-17/h7-8,10,12H,4-6,9,11H2,1-3H3,(H,22,23)/t12-,17+/m1/s1. The number of hydrogen-bond acceptors (Lipinski definition) is 3. The largest absolute Gasteiger partial charge is 0.493 e. The van der Waals surface area contributed by atoms with Gasteiger partial charge in [-0.25, -0.2) is 0 Å². The Bertz CT molecular complexity index is 618. The number of alkyl halides is 3. The average molecular weight is 359 g/mol. The molecule has 25 heavy (non-hydrogen) atoms. The van der Waals surface area contributed by atoms with E-state index in [4.69, 9.17) is 9.47 Å². The summed E-state index contributed by atoms with van der Waals surface area (Å²) in [4.78, 5) is 12.7. The van der Waals surface area contributed by atoms with Gasteiger partial charge in [0.05, 0.1) is 12.2 Å². The number of carbonyl (C=O) groups is 1. The Kier molecular flexibility index (Phi) is 5.98. The molecule has 2 atom stereocenters. The second kappa shape index (κ2) is 7.64. The third-order valence-corrected chi connectivity index (χ3v) is 4.60. The Morgan fingerprint density at radius 1 is 1.40 bits per heavy atom. The van der Waals surface area contributed by atoms with Crippen molar-refractivity contribution < 1.29 is 27.4 Å². The Hall–Kier alpha value is -1.76. The predicted molar refractivity (Wildman–Crippen MR) is 88.6 cm³/mol. The summed E-state index contributed by atoms with van der Waals surface area (Å²) in [5.74, 6) is -0.329. The molecule has 1 amide bonds. The number of rotatable bonds is 5. The molecule has 1 aliphatic rings. The van der Waals surface area contributed by atoms with Crippen LogP contribution >= 0.6 is 0 Å². The van der Waals surface area contributed by atoms with Crippen LogP contribution in [0.25, 0.3) is 0 Å². The van der Waals surface area contributed by atoms with E-state index in [-0.39, 0.29) is 18.0 Å². The molecule has 1 aromatic rings. The Morgan fingerprint density at radius 2 is 2.12 bits per heavy atom. The summed E-state index contributed by atoms with van der Waals surface area (Å²) >= 11 is 0. The van der Waals surface area contributed by atoms with Gasteiger partial charge in [0.15, 0.2) is 0 Å². The fourth-order valence-electron chi connectivity index (χ4n) is 3.34. The average Bonchev–Trinajstić information content (AvgIpc) is 2.55. The SMILES string of the molecule is CCOc1ccc(NC(=O)[C@]2(OC)CCC[C@@H](C)C2)cc1C(F)(F)F. The van der Waals surface area contributed by atoms with E-state index in [2.05, 4.69) is 5.32 Å². The number of ether oxygens (including phenoxy) is 2. The summed E-state index contributed by atoms with van der Waals surface area (Å²) < 4.78 is 50.2. The summed E-state index contributed by atoms with van der Waals surface area (Å²) in [6.07, 6.45) is -1.59. The van der Waals surface area contributed by atoms with Crippen molar-refractivity contribution in [2.75, 3.05) is 19.0 Å². The van der Waals surface area contributed by atoms with Crippen molar-refractivity contribution in [3.05, 3.63) is 23.8 Å². The molecule has 2 rings (SSSR count). The number of methoxy groups -OCH3 is 1. The molecule has 140 valence electrons. The van der Waals surface area contributed by atoms with Crippen molar-refractivity contribution in [1.29, 1.82) is 0 Å². The van der Waals surface area contributed by atoms with Crippen LogP contribution in [0.4, 0.5) is 18.9 Å². The maximum Gasteiger partial charge on any atom is 0.420 e. The highest BCUT2D eigenvalue weighted by atomic mass is 19.4. The molecule has 0 spiro atoms. The molecule has 7 heteroatoms. The summed E-state index contributed by atoms with van der Waals surface area (Å²) in [6.45, 7) is 3.78. The van der Waals surface area contributed by atoms with Crippen LogP contribution in [0.1, 0.15) is 45.1 Å². The summed E-state index contributed by atoms with van der Waals surface area (Å²) in [7, 11) is 1.47. The first-order valence-electron chi connectivity index (χ1n) is 8.42. The molecule has 0 radical (unpaired) electrons. The molecule has 0 aliphatic heterocycles. The monoisotopic (exact) mass is 359 g/mol. The van der Waals surface area contributed by atoms with E-state index in [1.807, 2.05) is 6.92 Å². The maximum absolute atomic E-state index is 13.2. The van der Waals surface area contributed by atoms with Crippen LogP contribution in [0.3, 0.4) is 0 Å². The van der Waals surface area contributed by atoms with E-state index >= 15 is 0 Å². The Morgan fingerprint density at radius 3 is 2.68 bits per heavy atom. The molecule has 0 saturated heterocycles. The van der Waals surface area contributed by atoms with Crippen LogP contribution in [-0.2, 0) is 15.7 Å². The minimum atomic E-state index is -4.57. The van der Waals surface area contributed by atoms with Crippen molar-refractivity contribution in [3.63, 3.8) is 0 Å². The lowest BCUT2D eigenvalue weighted by Gasteiger charge is -2.37. The van der Waals surface area contributed by atoms with Gasteiger partial charge in [-0.05, 0) is 50.3 Å². The van der Waals surface area contributed by atoms with Gasteiger partial charge >= 0.3 is 6.18 Å². The van der Waals surface area contributed by atoms with Gasteiger partial charge in [0.2, 0.25) is 0 Å². The van der Waals surface area contributed by atoms with Crippen LogP contribution < -0.4 is 10.1 Å². The number of benzene rings is 1. The zero-order valence-corrected chi connectivity index (χ0v) is 14.7. The zero-order chi connectivity index (χ0) is 18.7. The van der Waals surface area contributed by atoms with Crippen molar-refractivity contribution in [3.8, 4) is 5.75 Å². The molecule has 0 heterocycles. The smallest absolute Gasteiger partial charge is 0.420 e. The lowest BCUT2D eigenvalue weighted by molar-refractivity contribution is -0.143. The normalized spacial score (nSPS) is 24.0. The van der Waals surface area contributed by atoms with Gasteiger partial charge in [-0.3, -0.25) is 4.79 Å². The Labute approximate surface area is 145 Å². The fraction of sp³-hybridized carbons (Fsp3) is 0.611. The first-order valence-corrected chi connectivity index (χ1v) is 8.42. The van der Waals surface area contributed by atoms with Gasteiger partial charge in [0, 0.05) is 12.8 Å². The second-order valence-corrected chi connectivity index (χ2v) is 6.50. The third-order valence-electron chi connectivity index (χ3n) is 4.60. The van der Waals surface area contributed by atoms with Gasteiger partial charge in [-0.15, -0.1) is 0 Å². The Balaban J connectivity index is 2.25. The molecule has 1 fully saturated rings. The number of amides is 1. The molecule has 0 unspecified atom stereocenters. The van der Waals surface area contributed by atoms with Crippen LogP contribution in [0, 0.1) is 5.92 Å². The van der Waals surface area contributed by atoms with Crippen molar-refractivity contribution in [2.45, 2.75) is 51.3 Å². The van der Waals surface area contributed by atoms with E-state index in [0.717, 1.165) is 18.9 Å². The van der Waals surface area contributed by atoms with Crippen molar-refractivity contribution in [1.82, 2.24) is 0 Å². The summed E-state index contributed by atoms with van der Waals surface area (Å²) in [5, 5.41) is 2.59. The highest BCUT2D eigenvalue weighted by Crippen LogP contribution is 2.39. The maximum atomic E-state index is 13.2. The van der Waals surface area contributed by atoms with Crippen molar-refractivity contribution >= 4 is 11.6 Å². The lowest BCUT2D eigenvalue weighted by Crippen LogP contribution is -2.47. The van der Waals surface area contributed by atoms with Crippen LogP contribution in [0.15, 0.2) is 18.2 Å². The van der Waals surface area contributed by atoms with Gasteiger partial charge in [0.1, 0.15) is 11.4 Å². The lowest BCUT2D eigenvalue weighted by atomic mass is 9.78. The molecule has 1 aromatic carbocycles. The zero-order valence-electron chi connectivity index (χ0n) is 14.7. The van der Waals surface area contributed by atoms with Crippen LogP contribution in [-0.4, -0.2) is 25.2 Å². The quantitative estimate of drug-likeness (QED) is 0.833. The second-order valence-electron chi connectivity index (χ2n) is 6.50. The highest BCUT2D eigenvalue weighted by molar-refractivity contribution is 5.97. The van der Waals surface area contributed by atoms with Gasteiger partial charge in [0.25, 0.3) is 5.91 Å². The minimum absolute atomic E-state index is 0.0791. The van der Waals surface area contributed by atoms with Crippen LogP contribution in [0.2, 0.25) is 0 Å². The number of hydrogen-bond donors (Lipinski definition) is 1. The van der Waals surface area contributed by atoms with Gasteiger partial charge in [-0.2, -0.15) is 13.2 Å². The van der Waals surface area contributed by atoms with Gasteiger partial charge < -0.3 is 14.8 Å². The third kappa shape index (κ3) is 4.45. The summed E-state index contributed by atoms with van der Waals surface area (Å²) in [5.41, 5.74) is -1.82. The van der Waals surface area contributed by atoms with E-state index in [1.54, 1.807) is 6.92 Å². The van der Waals surface area contributed by atoms with Gasteiger partial charge in [-0.1, -0.05) is 13.3 Å².